The van der Waals surface area contributed by atoms with Crippen LogP contribution in [0.1, 0.15) is 6.41 Å². The van der Waals surface area contributed by atoms with Crippen LogP contribution in [0.15, 0.2) is 40.9 Å². The average Bonchev–Trinajstić information content (AvgIpc) is 3.38. The molecule has 2 aromatic heterocycles. The molecule has 2 N–H and O–H groups in total. The van der Waals surface area contributed by atoms with Crippen LogP contribution in [0, 0.1) is 0 Å². The molecule has 10 nitrogen and oxygen atoms in total. The molecule has 5 rings (SSSR count). The van der Waals surface area contributed by atoms with Crippen LogP contribution in [-0.2, 0) is 0 Å². The molecule has 0 spiro atoms. The Morgan fingerprint density at radius 3 is 2.92 bits per heavy atom. The van der Waals surface area contributed by atoms with Crippen LogP contribution in [0.3, 0.4) is 0 Å². The molecule has 0 amide bonds. The van der Waals surface area contributed by atoms with Crippen LogP contribution >= 0.6 is 0 Å². The molecule has 0 radical (unpaired) electrons. The van der Waals surface area contributed by atoms with Crippen molar-refractivity contribution in [3.63, 3.8) is 0 Å². The minimum Gasteiger partial charge on any atom is -0.454 e. The van der Waals surface area contributed by atoms with Crippen molar-refractivity contribution in [1.82, 2.24) is 25.1 Å². The fourth-order valence-corrected chi connectivity index (χ4v) is 2.80. The smallest absolute Gasteiger partial charge is 0.258 e. The Kier molecular flexibility index (Phi) is 3.14. The lowest BCUT2D eigenvalue weighted by Gasteiger charge is -2.02. The van der Waals surface area contributed by atoms with Gasteiger partial charge in [-0.25, -0.2) is 0 Å². The van der Waals surface area contributed by atoms with Gasteiger partial charge in [0.2, 0.25) is 12.6 Å². The number of fused-ring (bicyclic) bond motifs is 2. The van der Waals surface area contributed by atoms with Crippen LogP contribution in [-0.4, -0.2) is 42.1 Å². The average molecular weight is 353 g/mol. The summed E-state index contributed by atoms with van der Waals surface area (Å²) in [6, 6.07) is 10.5. The van der Waals surface area contributed by atoms with Gasteiger partial charge in [-0.2, -0.15) is 9.67 Å². The molecule has 1 aliphatic heterocycles. The van der Waals surface area contributed by atoms with Crippen molar-refractivity contribution in [2.45, 2.75) is 6.41 Å². The van der Waals surface area contributed by atoms with Crippen molar-refractivity contribution in [2.75, 3.05) is 6.79 Å². The minimum atomic E-state index is -1.76. The monoisotopic (exact) mass is 353 g/mol. The van der Waals surface area contributed by atoms with Crippen LogP contribution in [0.4, 0.5) is 0 Å². The number of hydrogen-bond acceptors (Lipinski definition) is 9. The maximum absolute atomic E-state index is 9.26. The fraction of sp³-hybridized carbons (Fsp3) is 0.125. The van der Waals surface area contributed by atoms with E-state index in [-0.39, 0.29) is 12.7 Å². The Labute approximate surface area is 145 Å². The molecular formula is C16H11N5O5. The summed E-state index contributed by atoms with van der Waals surface area (Å²) < 4.78 is 17.2. The third-order valence-corrected chi connectivity index (χ3v) is 4.00. The van der Waals surface area contributed by atoms with Crippen LogP contribution < -0.4 is 9.47 Å². The van der Waals surface area contributed by atoms with E-state index in [2.05, 4.69) is 20.5 Å². The van der Waals surface area contributed by atoms with E-state index >= 15 is 0 Å². The van der Waals surface area contributed by atoms with Gasteiger partial charge in [-0.1, -0.05) is 16.4 Å². The maximum Gasteiger partial charge on any atom is 0.258 e. The zero-order chi connectivity index (χ0) is 17.7. The van der Waals surface area contributed by atoms with Crippen molar-refractivity contribution in [2.24, 2.45) is 0 Å². The van der Waals surface area contributed by atoms with E-state index in [1.54, 1.807) is 24.3 Å². The van der Waals surface area contributed by atoms with Gasteiger partial charge in [-0.3, -0.25) is 0 Å². The van der Waals surface area contributed by atoms with E-state index in [9.17, 15) is 10.2 Å². The topological polar surface area (TPSA) is 129 Å². The molecule has 0 bridgehead atoms. The number of benzene rings is 2. The van der Waals surface area contributed by atoms with E-state index in [4.69, 9.17) is 14.0 Å². The Hall–Kier alpha value is -3.50. The Morgan fingerprint density at radius 2 is 2.04 bits per heavy atom. The van der Waals surface area contributed by atoms with Crippen molar-refractivity contribution in [1.29, 1.82) is 0 Å². The first-order chi connectivity index (χ1) is 12.7. The molecule has 10 heteroatoms. The van der Waals surface area contributed by atoms with E-state index in [0.29, 0.717) is 39.5 Å². The van der Waals surface area contributed by atoms with Crippen LogP contribution in [0.25, 0.3) is 33.9 Å². The number of aromatic nitrogens is 5. The molecule has 0 atom stereocenters. The first-order valence-electron chi connectivity index (χ1n) is 7.65. The number of aliphatic hydroxyl groups is 2. The summed E-state index contributed by atoms with van der Waals surface area (Å²) in [5.74, 6) is 1.87. The third-order valence-electron chi connectivity index (χ3n) is 4.00. The van der Waals surface area contributed by atoms with Gasteiger partial charge in [-0.05, 0) is 30.3 Å². The second-order valence-electron chi connectivity index (χ2n) is 5.55. The highest BCUT2D eigenvalue weighted by atomic mass is 16.7. The summed E-state index contributed by atoms with van der Waals surface area (Å²) in [4.78, 5) is 4.41. The summed E-state index contributed by atoms with van der Waals surface area (Å²) in [7, 11) is 0. The molecule has 4 aromatic rings. The number of rotatable bonds is 3. The second-order valence-corrected chi connectivity index (χ2v) is 5.55. The van der Waals surface area contributed by atoms with E-state index < -0.39 is 6.41 Å². The predicted octanol–water partition coefficient (Wildman–Crippen LogP) is 1.32. The Bertz CT molecular complexity index is 1120. The second kappa shape index (κ2) is 5.51. The third kappa shape index (κ3) is 2.20. The lowest BCUT2D eigenvalue weighted by molar-refractivity contribution is -0.108. The zero-order valence-electron chi connectivity index (χ0n) is 13.1. The summed E-state index contributed by atoms with van der Waals surface area (Å²) in [6.07, 6.45) is -1.76. The molecule has 1 aliphatic rings. The SMILES string of the molecule is OC(O)n1nnc2cc(-c3nc(-c4cccc5c4OCO5)no3)ccc21. The molecule has 0 saturated heterocycles. The van der Waals surface area contributed by atoms with Crippen molar-refractivity contribution in [3.8, 4) is 34.3 Å². The van der Waals surface area contributed by atoms with Crippen molar-refractivity contribution >= 4 is 11.0 Å². The van der Waals surface area contributed by atoms with Gasteiger partial charge < -0.3 is 24.2 Å². The molecule has 0 fully saturated rings. The number of ether oxygens (including phenoxy) is 2. The fourth-order valence-electron chi connectivity index (χ4n) is 2.80. The molecule has 0 saturated carbocycles. The zero-order valence-corrected chi connectivity index (χ0v) is 13.1. The highest BCUT2D eigenvalue weighted by molar-refractivity contribution is 5.80. The minimum absolute atomic E-state index is 0.153. The van der Waals surface area contributed by atoms with E-state index in [0.717, 1.165) is 4.68 Å². The summed E-state index contributed by atoms with van der Waals surface area (Å²) in [6.45, 7) is 0.153. The molecule has 26 heavy (non-hydrogen) atoms. The standard InChI is InChI=1S/C16H11N5O5/c22-16(23)21-11-5-4-8(6-10(11)18-20-21)15-17-14(19-26-15)9-2-1-3-12-13(9)25-7-24-12/h1-6,16,22-23H,7H2. The molecule has 0 aliphatic carbocycles. The summed E-state index contributed by atoms with van der Waals surface area (Å²) in [5, 5.41) is 30.1. The molecular weight excluding hydrogens is 342 g/mol. The van der Waals surface area contributed by atoms with Gasteiger partial charge in [0.05, 0.1) is 11.1 Å². The quantitative estimate of drug-likeness (QED) is 0.524. The van der Waals surface area contributed by atoms with Crippen molar-refractivity contribution < 1.29 is 24.2 Å². The highest BCUT2D eigenvalue weighted by Crippen LogP contribution is 2.40. The van der Waals surface area contributed by atoms with E-state index in [1.807, 2.05) is 12.1 Å². The van der Waals surface area contributed by atoms with Crippen LogP contribution in [0.2, 0.25) is 0 Å². The number of para-hydroxylation sites is 1. The number of aliphatic hydroxyl groups excluding tert-OH is 1. The first kappa shape index (κ1) is 14.8. The lowest BCUT2D eigenvalue weighted by Crippen LogP contribution is -2.08. The van der Waals surface area contributed by atoms with Gasteiger partial charge in [-0.15, -0.1) is 5.10 Å². The van der Waals surface area contributed by atoms with Gasteiger partial charge in [0.1, 0.15) is 5.52 Å². The molecule has 2 aromatic carbocycles. The van der Waals surface area contributed by atoms with Gasteiger partial charge in [0, 0.05) is 5.56 Å². The maximum atomic E-state index is 9.26. The Balaban J connectivity index is 1.55. The number of hydrogen-bond donors (Lipinski definition) is 2. The number of nitrogens with zero attached hydrogens (tertiary/aromatic N) is 5. The lowest BCUT2D eigenvalue weighted by atomic mass is 10.1. The summed E-state index contributed by atoms with van der Waals surface area (Å²) in [5.41, 5.74) is 2.23. The van der Waals surface area contributed by atoms with E-state index in [1.165, 1.54) is 0 Å². The van der Waals surface area contributed by atoms with Crippen molar-refractivity contribution in [3.05, 3.63) is 36.4 Å². The first-order valence-corrected chi connectivity index (χ1v) is 7.65. The Morgan fingerprint density at radius 1 is 1.12 bits per heavy atom. The predicted molar refractivity (Wildman–Crippen MR) is 85.9 cm³/mol. The molecule has 0 unspecified atom stereocenters. The highest BCUT2D eigenvalue weighted by Gasteiger charge is 2.22. The normalized spacial score (nSPS) is 13.0. The van der Waals surface area contributed by atoms with Gasteiger partial charge in [0.25, 0.3) is 12.3 Å². The largest absolute Gasteiger partial charge is 0.454 e. The summed E-state index contributed by atoms with van der Waals surface area (Å²) >= 11 is 0. The van der Waals surface area contributed by atoms with Gasteiger partial charge in [0.15, 0.2) is 11.5 Å². The van der Waals surface area contributed by atoms with Crippen LogP contribution in [0.5, 0.6) is 11.5 Å². The van der Waals surface area contributed by atoms with Gasteiger partial charge >= 0.3 is 0 Å². The molecule has 130 valence electrons. The molecule has 3 heterocycles.